The molecule has 188 valence electrons. The van der Waals surface area contributed by atoms with Crippen LogP contribution in [0.4, 0.5) is 0 Å². The molecule has 0 heterocycles. The zero-order valence-corrected chi connectivity index (χ0v) is 23.3. The molecule has 35 heavy (non-hydrogen) atoms. The maximum atomic E-state index is 13.6. The van der Waals surface area contributed by atoms with Gasteiger partial charge >= 0.3 is 7.82 Å². The third-order valence-electron chi connectivity index (χ3n) is 6.36. The Hall–Kier alpha value is -2.05. The maximum absolute atomic E-state index is 13.6. The Morgan fingerprint density at radius 3 is 1.49 bits per heavy atom. The molecular formula is C28H37O5PSi. The summed E-state index contributed by atoms with van der Waals surface area (Å²) < 4.78 is 37.4. The highest BCUT2D eigenvalue weighted by Crippen LogP contribution is 2.51. The maximum Gasteiger partial charge on any atom is 0.475 e. The van der Waals surface area contributed by atoms with E-state index in [0.717, 1.165) is 22.3 Å². The van der Waals surface area contributed by atoms with Crippen molar-refractivity contribution >= 4 is 16.1 Å². The van der Waals surface area contributed by atoms with Gasteiger partial charge in [-0.25, -0.2) is 4.57 Å². The molecule has 0 aliphatic heterocycles. The van der Waals surface area contributed by atoms with Crippen molar-refractivity contribution in [3.63, 3.8) is 0 Å². The second-order valence-electron chi connectivity index (χ2n) is 10.1. The van der Waals surface area contributed by atoms with E-state index in [1.54, 1.807) is 0 Å². The van der Waals surface area contributed by atoms with Gasteiger partial charge in [0, 0.05) is 0 Å². The molecule has 7 heteroatoms. The van der Waals surface area contributed by atoms with Gasteiger partial charge in [-0.15, -0.1) is 0 Å². The van der Waals surface area contributed by atoms with E-state index in [1.165, 1.54) is 0 Å². The van der Waals surface area contributed by atoms with Crippen molar-refractivity contribution in [1.29, 1.82) is 0 Å². The summed E-state index contributed by atoms with van der Waals surface area (Å²) in [5, 5.41) is 0.116. The third kappa shape index (κ3) is 8.53. The van der Waals surface area contributed by atoms with E-state index in [0.29, 0.717) is 6.61 Å². The topological polar surface area (TPSA) is 54.0 Å². The van der Waals surface area contributed by atoms with E-state index in [1.807, 2.05) is 84.9 Å². The van der Waals surface area contributed by atoms with Gasteiger partial charge < -0.3 is 4.43 Å². The summed E-state index contributed by atoms with van der Waals surface area (Å²) in [5.41, 5.74) is 3.69. The Labute approximate surface area is 211 Å². The van der Waals surface area contributed by atoms with E-state index in [4.69, 9.17) is 18.0 Å². The first-order valence-electron chi connectivity index (χ1n) is 11.9. The van der Waals surface area contributed by atoms with Gasteiger partial charge in [0.25, 0.3) is 0 Å². The lowest BCUT2D eigenvalue weighted by molar-refractivity contribution is 0.0973. The summed E-state index contributed by atoms with van der Waals surface area (Å²) in [7, 11) is -5.76. The molecule has 0 spiro atoms. The highest BCUT2D eigenvalue weighted by molar-refractivity contribution is 7.48. The van der Waals surface area contributed by atoms with E-state index in [9.17, 15) is 4.57 Å². The van der Waals surface area contributed by atoms with E-state index >= 15 is 0 Å². The Morgan fingerprint density at radius 1 is 0.629 bits per heavy atom. The molecule has 0 unspecified atom stereocenters. The largest absolute Gasteiger partial charge is 0.475 e. The second-order valence-corrected chi connectivity index (χ2v) is 16.5. The first-order valence-corrected chi connectivity index (χ1v) is 16.3. The number of hydrogen-bond acceptors (Lipinski definition) is 5. The Morgan fingerprint density at radius 2 is 1.03 bits per heavy atom. The molecule has 0 aliphatic rings. The van der Waals surface area contributed by atoms with Crippen LogP contribution in [0.1, 0.15) is 43.0 Å². The Bertz CT molecular complexity index is 1050. The van der Waals surface area contributed by atoms with Gasteiger partial charge in [0.2, 0.25) is 0 Å². The fourth-order valence-electron chi connectivity index (χ4n) is 3.03. The van der Waals surface area contributed by atoms with Crippen molar-refractivity contribution in [1.82, 2.24) is 0 Å². The van der Waals surface area contributed by atoms with Crippen LogP contribution < -0.4 is 0 Å². The van der Waals surface area contributed by atoms with E-state index in [-0.39, 0.29) is 24.9 Å². The minimum Gasteiger partial charge on any atom is -0.413 e. The van der Waals surface area contributed by atoms with E-state index < -0.39 is 16.1 Å². The van der Waals surface area contributed by atoms with Crippen LogP contribution in [-0.2, 0) is 49.0 Å². The Kier molecular flexibility index (Phi) is 9.65. The van der Waals surface area contributed by atoms with Crippen LogP contribution in [-0.4, -0.2) is 8.32 Å². The van der Waals surface area contributed by atoms with Gasteiger partial charge in [0.1, 0.15) is 0 Å². The van der Waals surface area contributed by atoms with Crippen LogP contribution in [0.5, 0.6) is 0 Å². The lowest BCUT2D eigenvalue weighted by Crippen LogP contribution is -2.40. The summed E-state index contributed by atoms with van der Waals surface area (Å²) in [6.07, 6.45) is 0. The zero-order chi connectivity index (χ0) is 25.4. The quantitative estimate of drug-likeness (QED) is 0.181. The van der Waals surface area contributed by atoms with Gasteiger partial charge in [-0.2, -0.15) is 0 Å². The molecule has 3 rings (SSSR count). The lowest BCUT2D eigenvalue weighted by Gasteiger charge is -2.36. The van der Waals surface area contributed by atoms with Crippen molar-refractivity contribution in [2.24, 2.45) is 0 Å². The molecule has 0 fully saturated rings. The highest BCUT2D eigenvalue weighted by Gasteiger charge is 2.37. The van der Waals surface area contributed by atoms with Gasteiger partial charge in [0.15, 0.2) is 8.32 Å². The average molecular weight is 513 g/mol. The van der Waals surface area contributed by atoms with Crippen LogP contribution in [0.3, 0.4) is 0 Å². The number of hydrogen-bond donors (Lipinski definition) is 0. The fraction of sp³-hybridized carbons (Fsp3) is 0.357. The van der Waals surface area contributed by atoms with Crippen LogP contribution in [0.25, 0.3) is 0 Å². The molecule has 0 atom stereocenters. The lowest BCUT2D eigenvalue weighted by atomic mass is 10.1. The molecule has 0 aromatic heterocycles. The summed E-state index contributed by atoms with van der Waals surface area (Å²) >= 11 is 0. The summed E-state index contributed by atoms with van der Waals surface area (Å²) in [6.45, 7) is 12.0. The fourth-order valence-corrected chi connectivity index (χ4v) is 5.11. The first-order chi connectivity index (χ1) is 16.6. The minimum atomic E-state index is -3.85. The van der Waals surface area contributed by atoms with Crippen molar-refractivity contribution in [3.8, 4) is 0 Å². The molecule has 0 N–H and O–H groups in total. The predicted octanol–water partition coefficient (Wildman–Crippen LogP) is 8.27. The number of phosphoric ester groups is 1. The summed E-state index contributed by atoms with van der Waals surface area (Å²) in [5.74, 6) is 0. The molecule has 0 aliphatic carbocycles. The van der Waals surface area contributed by atoms with Crippen molar-refractivity contribution in [2.45, 2.75) is 65.3 Å². The molecule has 3 aromatic carbocycles. The second kappa shape index (κ2) is 12.3. The van der Waals surface area contributed by atoms with Crippen LogP contribution in [0.15, 0.2) is 84.9 Å². The van der Waals surface area contributed by atoms with Gasteiger partial charge in [-0.1, -0.05) is 106 Å². The molecule has 0 radical (unpaired) electrons. The molecule has 3 aromatic rings. The molecule has 0 saturated carbocycles. The number of rotatable bonds is 12. The number of benzene rings is 3. The minimum absolute atomic E-state index is 0.0951. The van der Waals surface area contributed by atoms with Crippen LogP contribution >= 0.6 is 7.82 Å². The molecular weight excluding hydrogens is 475 g/mol. The number of phosphoric acid groups is 1. The van der Waals surface area contributed by atoms with E-state index in [2.05, 4.69) is 33.9 Å². The smallest absolute Gasteiger partial charge is 0.413 e. The standard InChI is InChI=1S/C28H37O5PSi/c1-28(2,3)35(4,5)33-23-27-19-13-12-18-26(27)22-32-34(29,30-20-24-14-8-6-9-15-24)31-21-25-16-10-7-11-17-25/h6-19H,20-23H2,1-5H3. The van der Waals surface area contributed by atoms with Crippen molar-refractivity contribution in [3.05, 3.63) is 107 Å². The zero-order valence-electron chi connectivity index (χ0n) is 21.4. The van der Waals surface area contributed by atoms with Crippen molar-refractivity contribution < 1.29 is 22.6 Å². The SMILES string of the molecule is CC(C)(C)[Si](C)(C)OCc1ccccc1COP(=O)(OCc1ccccc1)OCc1ccccc1. The molecule has 5 nitrogen and oxygen atoms in total. The molecule has 0 bridgehead atoms. The predicted molar refractivity (Wildman–Crippen MR) is 143 cm³/mol. The van der Waals surface area contributed by atoms with Crippen LogP contribution in [0, 0.1) is 0 Å². The third-order valence-corrected chi connectivity index (χ3v) is 12.2. The van der Waals surface area contributed by atoms with Gasteiger partial charge in [-0.3, -0.25) is 13.6 Å². The molecule has 0 amide bonds. The Balaban J connectivity index is 1.71. The average Bonchev–Trinajstić information content (AvgIpc) is 2.85. The summed E-state index contributed by atoms with van der Waals surface area (Å²) in [4.78, 5) is 0. The van der Waals surface area contributed by atoms with Crippen LogP contribution in [0.2, 0.25) is 18.1 Å². The molecule has 0 saturated heterocycles. The van der Waals surface area contributed by atoms with Gasteiger partial charge in [-0.05, 0) is 40.4 Å². The first kappa shape index (κ1) is 27.5. The highest BCUT2D eigenvalue weighted by atomic mass is 31.2. The van der Waals surface area contributed by atoms with Gasteiger partial charge in [0.05, 0.1) is 26.4 Å². The summed E-state index contributed by atoms with van der Waals surface area (Å²) in [6, 6.07) is 27.0. The monoisotopic (exact) mass is 512 g/mol. The normalized spacial score (nSPS) is 12.6. The van der Waals surface area contributed by atoms with Crippen molar-refractivity contribution in [2.75, 3.05) is 0 Å².